The number of aryl methyl sites for hydroxylation is 2. The van der Waals surface area contributed by atoms with Gasteiger partial charge in [-0.05, 0) is 26.2 Å². The lowest BCUT2D eigenvalue weighted by atomic mass is 10.1. The van der Waals surface area contributed by atoms with Gasteiger partial charge in [-0.25, -0.2) is 15.0 Å². The highest BCUT2D eigenvalue weighted by atomic mass is 19.4. The van der Waals surface area contributed by atoms with Crippen LogP contribution < -0.4 is 5.32 Å². The van der Waals surface area contributed by atoms with E-state index < -0.39 is 11.7 Å². The summed E-state index contributed by atoms with van der Waals surface area (Å²) in [4.78, 5) is 12.5. The topological polar surface area (TPSA) is 73.5 Å². The molecule has 1 saturated carbocycles. The van der Waals surface area contributed by atoms with E-state index in [-0.39, 0.29) is 23.6 Å². The maximum Gasteiger partial charge on any atom is 0.419 e. The van der Waals surface area contributed by atoms with Crippen molar-refractivity contribution in [2.24, 2.45) is 0 Å². The van der Waals surface area contributed by atoms with Crippen LogP contribution in [0.15, 0.2) is 24.8 Å². The van der Waals surface area contributed by atoms with E-state index in [0.717, 1.165) is 43.5 Å². The monoisotopic (exact) mass is 389 g/mol. The molecule has 1 atom stereocenters. The van der Waals surface area contributed by atoms with Crippen LogP contribution in [0.25, 0.3) is 0 Å². The number of nitrogens with zero attached hydrogens (tertiary/aromatic N) is 6. The molecule has 7 nitrogen and oxygen atoms in total. The van der Waals surface area contributed by atoms with Crippen LogP contribution in [0.1, 0.15) is 54.0 Å². The van der Waals surface area contributed by atoms with E-state index in [9.17, 15) is 13.2 Å². The normalized spacial score (nSPS) is 19.1. The number of imidazole rings is 1. The summed E-state index contributed by atoms with van der Waals surface area (Å²) in [6.07, 6.45) is 4.33. The second-order valence-electron chi connectivity index (χ2n) is 7.28. The minimum absolute atomic E-state index is 0.0415. The fourth-order valence-electron chi connectivity index (χ4n) is 3.67. The molecule has 1 aliphatic carbocycles. The molecule has 2 aliphatic rings. The zero-order valence-electron chi connectivity index (χ0n) is 15.1. The molecule has 28 heavy (non-hydrogen) atoms. The smallest absolute Gasteiger partial charge is 0.333 e. The number of hydrogen-bond acceptors (Lipinski definition) is 5. The van der Waals surface area contributed by atoms with Gasteiger partial charge in [0, 0.05) is 37.3 Å². The molecule has 0 saturated heterocycles. The Balaban J connectivity index is 1.43. The predicted octanol–water partition coefficient (Wildman–Crippen LogP) is 3.81. The largest absolute Gasteiger partial charge is 0.419 e. The Bertz CT molecular complexity index is 1030. The fourth-order valence-corrected chi connectivity index (χ4v) is 3.67. The van der Waals surface area contributed by atoms with E-state index in [1.807, 2.05) is 24.0 Å². The zero-order valence-corrected chi connectivity index (χ0v) is 15.1. The highest BCUT2D eigenvalue weighted by molar-refractivity contribution is 5.55. The van der Waals surface area contributed by atoms with E-state index >= 15 is 0 Å². The summed E-state index contributed by atoms with van der Waals surface area (Å²) in [5.41, 5.74) is 0.728. The number of fused-ring (bicyclic) bond motifs is 1. The third-order valence-electron chi connectivity index (χ3n) is 5.26. The molecule has 3 aromatic heterocycles. The van der Waals surface area contributed by atoms with Gasteiger partial charge in [0.2, 0.25) is 5.95 Å². The number of hydrogen-bond donors (Lipinski definition) is 1. The molecule has 0 bridgehead atoms. The van der Waals surface area contributed by atoms with E-state index in [1.165, 1.54) is 0 Å². The molecule has 0 spiro atoms. The van der Waals surface area contributed by atoms with Crippen molar-refractivity contribution in [3.63, 3.8) is 0 Å². The van der Waals surface area contributed by atoms with Crippen LogP contribution >= 0.6 is 0 Å². The molecule has 0 amide bonds. The van der Waals surface area contributed by atoms with E-state index in [4.69, 9.17) is 0 Å². The molecule has 0 aromatic carbocycles. The summed E-state index contributed by atoms with van der Waals surface area (Å²) in [6.45, 7) is 2.72. The van der Waals surface area contributed by atoms with Gasteiger partial charge >= 0.3 is 6.18 Å². The van der Waals surface area contributed by atoms with Crippen LogP contribution in [0.3, 0.4) is 0 Å². The summed E-state index contributed by atoms with van der Waals surface area (Å²) in [5.74, 6) is 0.975. The Morgan fingerprint density at radius 1 is 1.18 bits per heavy atom. The number of anilines is 2. The van der Waals surface area contributed by atoms with Crippen LogP contribution in [0, 0.1) is 6.92 Å². The minimum Gasteiger partial charge on any atom is -0.333 e. The molecule has 1 unspecified atom stereocenters. The van der Waals surface area contributed by atoms with E-state index in [2.05, 4.69) is 29.9 Å². The summed E-state index contributed by atoms with van der Waals surface area (Å²) in [7, 11) is 0. The van der Waals surface area contributed by atoms with E-state index in [1.54, 1.807) is 6.20 Å². The second-order valence-corrected chi connectivity index (χ2v) is 7.28. The molecule has 1 aliphatic heterocycles. The average Bonchev–Trinajstić information content (AvgIpc) is 3.08. The average molecular weight is 389 g/mol. The molecule has 5 rings (SSSR count). The highest BCUT2D eigenvalue weighted by Crippen LogP contribution is 2.45. The van der Waals surface area contributed by atoms with Gasteiger partial charge in [0.25, 0.3) is 0 Å². The van der Waals surface area contributed by atoms with Gasteiger partial charge in [-0.15, -0.1) is 0 Å². The first-order chi connectivity index (χ1) is 13.4. The first kappa shape index (κ1) is 17.2. The first-order valence-corrected chi connectivity index (χ1v) is 9.18. The quantitative estimate of drug-likeness (QED) is 0.735. The van der Waals surface area contributed by atoms with Gasteiger partial charge in [-0.1, -0.05) is 0 Å². The molecular formula is C18H18F3N7. The lowest BCUT2D eigenvalue weighted by molar-refractivity contribution is -0.138. The third-order valence-corrected chi connectivity index (χ3v) is 5.26. The summed E-state index contributed by atoms with van der Waals surface area (Å²) < 4.78 is 43.6. The van der Waals surface area contributed by atoms with Crippen LogP contribution in [0.5, 0.6) is 0 Å². The van der Waals surface area contributed by atoms with E-state index in [0.29, 0.717) is 5.69 Å². The maximum absolute atomic E-state index is 13.2. The van der Waals surface area contributed by atoms with Gasteiger partial charge in [0.05, 0.1) is 22.6 Å². The van der Waals surface area contributed by atoms with Crippen LogP contribution in [0.4, 0.5) is 24.8 Å². The summed E-state index contributed by atoms with van der Waals surface area (Å²) >= 11 is 0. The standard InChI is InChI=1S/C18H18F3N7/c1-10-13(9-28(26-10)14-4-6-27-7-5-22-16(14)27)24-17-23-8-12(18(19,20)21)15(25-17)11-2-3-11/h5,7-9,11,14H,2-4,6H2,1H3,(H,23,24,25). The van der Waals surface area contributed by atoms with Gasteiger partial charge in [-0.2, -0.15) is 18.3 Å². The van der Waals surface area contributed by atoms with Crippen molar-refractivity contribution < 1.29 is 13.2 Å². The van der Waals surface area contributed by atoms with Crippen molar-refractivity contribution >= 4 is 11.6 Å². The van der Waals surface area contributed by atoms with Gasteiger partial charge in [0.15, 0.2) is 0 Å². The molecule has 1 fully saturated rings. The predicted molar refractivity (Wildman–Crippen MR) is 94.2 cm³/mol. The molecule has 1 N–H and O–H groups in total. The summed E-state index contributed by atoms with van der Waals surface area (Å²) in [6, 6.07) is 0.0415. The number of nitrogens with one attached hydrogen (secondary N) is 1. The first-order valence-electron chi connectivity index (χ1n) is 9.18. The van der Waals surface area contributed by atoms with Crippen LogP contribution in [-0.4, -0.2) is 29.3 Å². The maximum atomic E-state index is 13.2. The van der Waals surface area contributed by atoms with Crippen molar-refractivity contribution in [2.45, 2.75) is 50.9 Å². The Kier molecular flexibility index (Phi) is 3.72. The van der Waals surface area contributed by atoms with Crippen molar-refractivity contribution in [1.82, 2.24) is 29.3 Å². The molecule has 10 heteroatoms. The molecule has 3 aromatic rings. The lowest BCUT2D eigenvalue weighted by Gasteiger charge is -2.12. The Labute approximate surface area is 158 Å². The Morgan fingerprint density at radius 3 is 2.75 bits per heavy atom. The molecule has 146 valence electrons. The summed E-state index contributed by atoms with van der Waals surface area (Å²) in [5, 5.41) is 7.59. The highest BCUT2D eigenvalue weighted by Gasteiger charge is 2.40. The SMILES string of the molecule is Cc1nn(C2CCn3ccnc32)cc1Nc1ncc(C(F)(F)F)c(C2CC2)n1. The van der Waals surface area contributed by atoms with Gasteiger partial charge in [0.1, 0.15) is 11.9 Å². The Hall–Kier alpha value is -2.91. The number of aromatic nitrogens is 6. The van der Waals surface area contributed by atoms with Crippen LogP contribution in [0.2, 0.25) is 0 Å². The van der Waals surface area contributed by atoms with Crippen molar-refractivity contribution in [3.8, 4) is 0 Å². The number of halogens is 3. The molecule has 4 heterocycles. The second kappa shape index (κ2) is 6.05. The number of rotatable bonds is 4. The number of alkyl halides is 3. The molecule has 0 radical (unpaired) electrons. The zero-order chi connectivity index (χ0) is 19.5. The lowest BCUT2D eigenvalue weighted by Crippen LogP contribution is -2.12. The minimum atomic E-state index is -4.44. The van der Waals surface area contributed by atoms with Crippen molar-refractivity contribution in [1.29, 1.82) is 0 Å². The molecular weight excluding hydrogens is 371 g/mol. The Morgan fingerprint density at radius 2 is 2.00 bits per heavy atom. The van der Waals surface area contributed by atoms with Crippen molar-refractivity contribution in [3.05, 3.63) is 47.6 Å². The van der Waals surface area contributed by atoms with Gasteiger partial charge < -0.3 is 9.88 Å². The third kappa shape index (κ3) is 2.92. The van der Waals surface area contributed by atoms with Gasteiger partial charge in [-0.3, -0.25) is 4.68 Å². The van der Waals surface area contributed by atoms with Crippen LogP contribution in [-0.2, 0) is 12.7 Å². The fraction of sp³-hybridized carbons (Fsp3) is 0.444. The van der Waals surface area contributed by atoms with Crippen molar-refractivity contribution in [2.75, 3.05) is 5.32 Å².